The summed E-state index contributed by atoms with van der Waals surface area (Å²) in [5.74, 6) is 1.22. The lowest BCUT2D eigenvalue weighted by molar-refractivity contribution is -0.106. The molecule has 5 nitrogen and oxygen atoms in total. The fourth-order valence-corrected chi connectivity index (χ4v) is 3.48. The van der Waals surface area contributed by atoms with Crippen LogP contribution in [0.3, 0.4) is 0 Å². The van der Waals surface area contributed by atoms with Crippen LogP contribution in [0.5, 0.6) is 0 Å². The zero-order chi connectivity index (χ0) is 18.0. The van der Waals surface area contributed by atoms with Crippen molar-refractivity contribution in [3.05, 3.63) is 71.6 Å². The van der Waals surface area contributed by atoms with Gasteiger partial charge in [-0.3, -0.25) is 4.90 Å². The Morgan fingerprint density at radius 3 is 2.62 bits per heavy atom. The second kappa shape index (κ2) is 7.02. The second-order valence-electron chi connectivity index (χ2n) is 6.97. The Morgan fingerprint density at radius 1 is 1.04 bits per heavy atom. The van der Waals surface area contributed by atoms with E-state index in [0.717, 1.165) is 24.2 Å². The lowest BCUT2D eigenvalue weighted by Crippen LogP contribution is -2.47. The summed E-state index contributed by atoms with van der Waals surface area (Å²) in [4.78, 5) is 2.31. The normalized spacial score (nSPS) is 21.0. The molecule has 0 aliphatic carbocycles. The first-order chi connectivity index (χ1) is 12.6. The molecule has 0 saturated carbocycles. The molecule has 5 heteroatoms. The van der Waals surface area contributed by atoms with Gasteiger partial charge in [-0.2, -0.15) is 0 Å². The molecule has 1 aliphatic rings. The Morgan fingerprint density at radius 2 is 1.81 bits per heavy atom. The highest BCUT2D eigenvalue weighted by Crippen LogP contribution is 2.30. The largest absolute Gasteiger partial charge is 0.419 e. The Hall–Kier alpha value is -2.50. The van der Waals surface area contributed by atoms with E-state index in [0.29, 0.717) is 24.9 Å². The van der Waals surface area contributed by atoms with E-state index >= 15 is 0 Å². The van der Waals surface area contributed by atoms with Crippen molar-refractivity contribution in [2.75, 3.05) is 19.7 Å². The fraction of sp³-hybridized carbons (Fsp3) is 0.333. The van der Waals surface area contributed by atoms with E-state index in [9.17, 15) is 0 Å². The lowest BCUT2D eigenvalue weighted by Gasteiger charge is -2.40. The van der Waals surface area contributed by atoms with E-state index in [4.69, 9.17) is 9.15 Å². The maximum absolute atomic E-state index is 6.10. The van der Waals surface area contributed by atoms with Crippen molar-refractivity contribution in [3.8, 4) is 11.5 Å². The van der Waals surface area contributed by atoms with Crippen molar-refractivity contribution in [1.29, 1.82) is 0 Å². The first kappa shape index (κ1) is 16.9. The third-order valence-electron chi connectivity index (χ3n) is 4.94. The number of nitrogens with zero attached hydrogens (tertiary/aromatic N) is 3. The molecule has 1 fully saturated rings. The van der Waals surface area contributed by atoms with E-state index in [2.05, 4.69) is 46.3 Å². The van der Waals surface area contributed by atoms with Gasteiger partial charge in [-0.25, -0.2) is 0 Å². The zero-order valence-electron chi connectivity index (χ0n) is 15.2. The average molecular weight is 349 g/mol. The number of rotatable bonds is 4. The number of benzene rings is 2. The minimum atomic E-state index is -0.321. The SMILES string of the molecule is Cc1ccccc1-c1nnc(CN2CCOC(C)(c3ccccc3)C2)o1. The fourth-order valence-electron chi connectivity index (χ4n) is 3.48. The summed E-state index contributed by atoms with van der Waals surface area (Å²) in [7, 11) is 0. The van der Waals surface area contributed by atoms with Crippen molar-refractivity contribution in [2.45, 2.75) is 26.0 Å². The minimum Gasteiger partial charge on any atom is -0.419 e. The summed E-state index contributed by atoms with van der Waals surface area (Å²) in [6.45, 7) is 7.14. The average Bonchev–Trinajstić information content (AvgIpc) is 3.11. The summed E-state index contributed by atoms with van der Waals surface area (Å²) in [5, 5.41) is 8.48. The summed E-state index contributed by atoms with van der Waals surface area (Å²) in [6.07, 6.45) is 0. The third kappa shape index (κ3) is 3.41. The molecule has 1 atom stereocenters. The summed E-state index contributed by atoms with van der Waals surface area (Å²) >= 11 is 0. The molecule has 2 heterocycles. The lowest BCUT2D eigenvalue weighted by atomic mass is 9.94. The highest BCUT2D eigenvalue weighted by molar-refractivity contribution is 5.57. The van der Waals surface area contributed by atoms with Gasteiger partial charge in [0.1, 0.15) is 5.60 Å². The van der Waals surface area contributed by atoms with Gasteiger partial charge in [0.05, 0.1) is 13.2 Å². The quantitative estimate of drug-likeness (QED) is 0.717. The number of aromatic nitrogens is 2. The van der Waals surface area contributed by atoms with Gasteiger partial charge in [-0.05, 0) is 31.0 Å². The molecule has 4 rings (SSSR count). The van der Waals surface area contributed by atoms with Crippen molar-refractivity contribution >= 4 is 0 Å². The van der Waals surface area contributed by atoms with Crippen LogP contribution in [0.4, 0.5) is 0 Å². The van der Waals surface area contributed by atoms with Crippen molar-refractivity contribution < 1.29 is 9.15 Å². The van der Waals surface area contributed by atoms with E-state index in [1.54, 1.807) is 0 Å². The Balaban J connectivity index is 1.49. The van der Waals surface area contributed by atoms with E-state index in [1.165, 1.54) is 5.56 Å². The van der Waals surface area contributed by atoms with Crippen LogP contribution in [-0.2, 0) is 16.9 Å². The molecule has 1 unspecified atom stereocenters. The van der Waals surface area contributed by atoms with Gasteiger partial charge < -0.3 is 9.15 Å². The molecular formula is C21H23N3O2. The summed E-state index contributed by atoms with van der Waals surface area (Å²) in [6, 6.07) is 18.4. The van der Waals surface area contributed by atoms with Crippen molar-refractivity contribution in [3.63, 3.8) is 0 Å². The molecule has 0 bridgehead atoms. The van der Waals surface area contributed by atoms with Crippen LogP contribution in [0.2, 0.25) is 0 Å². The number of hydrogen-bond acceptors (Lipinski definition) is 5. The first-order valence-corrected chi connectivity index (χ1v) is 8.94. The molecule has 3 aromatic rings. The molecule has 26 heavy (non-hydrogen) atoms. The monoisotopic (exact) mass is 349 g/mol. The standard InChI is InChI=1S/C21H23N3O2/c1-16-8-6-7-11-18(16)20-23-22-19(26-20)14-24-12-13-25-21(2,15-24)17-9-4-3-5-10-17/h3-11H,12-15H2,1-2H3. The van der Waals surface area contributed by atoms with Gasteiger partial charge in [0, 0.05) is 18.7 Å². The first-order valence-electron chi connectivity index (χ1n) is 8.94. The van der Waals surface area contributed by atoms with E-state index in [-0.39, 0.29) is 5.60 Å². The molecule has 0 N–H and O–H groups in total. The predicted molar refractivity (Wildman–Crippen MR) is 99.5 cm³/mol. The summed E-state index contributed by atoms with van der Waals surface area (Å²) in [5.41, 5.74) is 2.99. The van der Waals surface area contributed by atoms with Crippen LogP contribution in [-0.4, -0.2) is 34.8 Å². The molecule has 0 radical (unpaired) electrons. The van der Waals surface area contributed by atoms with E-state index in [1.807, 2.05) is 37.3 Å². The smallest absolute Gasteiger partial charge is 0.248 e. The zero-order valence-corrected chi connectivity index (χ0v) is 15.2. The maximum atomic E-state index is 6.10. The Bertz CT molecular complexity index is 878. The van der Waals surface area contributed by atoms with E-state index < -0.39 is 0 Å². The number of aryl methyl sites for hydroxylation is 1. The van der Waals surface area contributed by atoms with Crippen LogP contribution in [0.15, 0.2) is 59.0 Å². The van der Waals surface area contributed by atoms with Crippen molar-refractivity contribution in [1.82, 2.24) is 15.1 Å². The van der Waals surface area contributed by atoms with Gasteiger partial charge in [0.25, 0.3) is 0 Å². The highest BCUT2D eigenvalue weighted by atomic mass is 16.5. The van der Waals surface area contributed by atoms with Crippen LogP contribution in [0.25, 0.3) is 11.5 Å². The Kier molecular flexibility index (Phi) is 4.57. The number of ether oxygens (including phenoxy) is 1. The number of morpholine rings is 1. The molecule has 134 valence electrons. The predicted octanol–water partition coefficient (Wildman–Crippen LogP) is 3.79. The Labute approximate surface area is 153 Å². The van der Waals surface area contributed by atoms with Crippen LogP contribution in [0, 0.1) is 6.92 Å². The van der Waals surface area contributed by atoms with Crippen LogP contribution in [0.1, 0.15) is 23.9 Å². The second-order valence-corrected chi connectivity index (χ2v) is 6.97. The van der Waals surface area contributed by atoms with Crippen LogP contribution < -0.4 is 0 Å². The van der Waals surface area contributed by atoms with Gasteiger partial charge >= 0.3 is 0 Å². The molecule has 0 spiro atoms. The third-order valence-corrected chi connectivity index (χ3v) is 4.94. The van der Waals surface area contributed by atoms with Gasteiger partial charge in [-0.15, -0.1) is 10.2 Å². The summed E-state index contributed by atoms with van der Waals surface area (Å²) < 4.78 is 12.0. The topological polar surface area (TPSA) is 51.4 Å². The molecule has 1 aromatic heterocycles. The molecule has 2 aromatic carbocycles. The number of hydrogen-bond donors (Lipinski definition) is 0. The molecule has 0 amide bonds. The highest BCUT2D eigenvalue weighted by Gasteiger charge is 2.34. The van der Waals surface area contributed by atoms with Gasteiger partial charge in [0.15, 0.2) is 0 Å². The maximum Gasteiger partial charge on any atom is 0.248 e. The molecule has 1 saturated heterocycles. The van der Waals surface area contributed by atoms with Gasteiger partial charge in [-0.1, -0.05) is 48.5 Å². The van der Waals surface area contributed by atoms with Gasteiger partial charge in [0.2, 0.25) is 11.8 Å². The van der Waals surface area contributed by atoms with Crippen molar-refractivity contribution in [2.24, 2.45) is 0 Å². The molecular weight excluding hydrogens is 326 g/mol. The molecule has 1 aliphatic heterocycles. The minimum absolute atomic E-state index is 0.321. The van der Waals surface area contributed by atoms with Crippen LogP contribution >= 0.6 is 0 Å².